The van der Waals surface area contributed by atoms with Crippen LogP contribution in [0.5, 0.6) is 0 Å². The Morgan fingerprint density at radius 3 is 2.65 bits per heavy atom. The Hall–Kier alpha value is -2.26. The standard InChI is InChI=1S/C17H19BrFN5O2/c18-14-10-21-17(20)16(24(25)26)15(14)23-7-1-6-22(8-9-23)11-12-2-4-13(19)5-3-12/h2-5,10H,1,6-9,11H2,(H2,20,21). The summed E-state index contributed by atoms with van der Waals surface area (Å²) in [6.07, 6.45) is 2.35. The Bertz CT molecular complexity index is 802. The highest BCUT2D eigenvalue weighted by Crippen LogP contribution is 2.39. The summed E-state index contributed by atoms with van der Waals surface area (Å²) in [5, 5.41) is 11.5. The van der Waals surface area contributed by atoms with Gasteiger partial charge in [-0.25, -0.2) is 9.37 Å². The van der Waals surface area contributed by atoms with E-state index >= 15 is 0 Å². The molecule has 0 spiro atoms. The highest BCUT2D eigenvalue weighted by atomic mass is 79.9. The lowest BCUT2D eigenvalue weighted by Crippen LogP contribution is -2.31. The first-order valence-electron chi connectivity index (χ1n) is 8.26. The van der Waals surface area contributed by atoms with Gasteiger partial charge >= 0.3 is 5.69 Å². The van der Waals surface area contributed by atoms with Crippen LogP contribution < -0.4 is 10.6 Å². The minimum Gasteiger partial charge on any atom is -0.378 e. The highest BCUT2D eigenvalue weighted by Gasteiger charge is 2.28. The molecule has 0 atom stereocenters. The number of anilines is 2. The Kier molecular flexibility index (Phi) is 5.67. The summed E-state index contributed by atoms with van der Waals surface area (Å²) < 4.78 is 13.6. The van der Waals surface area contributed by atoms with Crippen LogP contribution in [0, 0.1) is 15.9 Å². The number of halogens is 2. The van der Waals surface area contributed by atoms with E-state index < -0.39 is 4.92 Å². The van der Waals surface area contributed by atoms with Crippen molar-refractivity contribution in [2.24, 2.45) is 0 Å². The van der Waals surface area contributed by atoms with Crippen LogP contribution in [0.2, 0.25) is 0 Å². The molecule has 2 N–H and O–H groups in total. The second kappa shape index (κ2) is 7.96. The van der Waals surface area contributed by atoms with Crippen LogP contribution in [-0.4, -0.2) is 41.0 Å². The number of benzene rings is 1. The normalized spacial score (nSPS) is 15.7. The molecule has 0 saturated carbocycles. The molecule has 1 saturated heterocycles. The zero-order valence-corrected chi connectivity index (χ0v) is 15.7. The van der Waals surface area contributed by atoms with E-state index in [0.717, 1.165) is 31.6 Å². The van der Waals surface area contributed by atoms with Crippen molar-refractivity contribution in [2.45, 2.75) is 13.0 Å². The lowest BCUT2D eigenvalue weighted by molar-refractivity contribution is -0.383. The molecule has 1 aliphatic heterocycles. The van der Waals surface area contributed by atoms with Gasteiger partial charge in [0, 0.05) is 38.9 Å². The van der Waals surface area contributed by atoms with E-state index in [0.29, 0.717) is 23.2 Å². The van der Waals surface area contributed by atoms with Crippen molar-refractivity contribution in [1.82, 2.24) is 9.88 Å². The Morgan fingerprint density at radius 1 is 1.23 bits per heavy atom. The number of hydrogen-bond donors (Lipinski definition) is 1. The van der Waals surface area contributed by atoms with Gasteiger partial charge in [0.2, 0.25) is 5.82 Å². The molecule has 0 unspecified atom stereocenters. The molecule has 0 amide bonds. The molecule has 1 aliphatic rings. The van der Waals surface area contributed by atoms with Crippen LogP contribution in [-0.2, 0) is 6.54 Å². The summed E-state index contributed by atoms with van der Waals surface area (Å²) in [5.41, 5.74) is 7.10. The lowest BCUT2D eigenvalue weighted by atomic mass is 10.2. The molecule has 3 rings (SSSR count). The van der Waals surface area contributed by atoms with Crippen LogP contribution in [0.1, 0.15) is 12.0 Å². The SMILES string of the molecule is Nc1ncc(Br)c(N2CCCN(Cc3ccc(F)cc3)CC2)c1[N+](=O)[O-]. The van der Waals surface area contributed by atoms with E-state index in [1.54, 1.807) is 12.1 Å². The Labute approximate surface area is 158 Å². The number of nitro groups is 1. The number of nitrogen functional groups attached to an aromatic ring is 1. The van der Waals surface area contributed by atoms with E-state index in [9.17, 15) is 14.5 Å². The maximum Gasteiger partial charge on any atom is 0.335 e. The number of rotatable bonds is 4. The molecule has 7 nitrogen and oxygen atoms in total. The van der Waals surface area contributed by atoms with Gasteiger partial charge in [0.05, 0.1) is 9.40 Å². The number of nitrogens with two attached hydrogens (primary N) is 1. The summed E-state index contributed by atoms with van der Waals surface area (Å²) in [5.74, 6) is -0.330. The monoisotopic (exact) mass is 423 g/mol. The third-order valence-corrected chi connectivity index (χ3v) is 5.00. The van der Waals surface area contributed by atoms with E-state index in [-0.39, 0.29) is 17.3 Å². The molecule has 0 bridgehead atoms. The molecular formula is C17H19BrFN5O2. The molecule has 9 heteroatoms. The average molecular weight is 424 g/mol. The molecule has 1 aromatic heterocycles. The van der Waals surface area contributed by atoms with Crippen molar-refractivity contribution in [3.05, 3.63) is 56.4 Å². The largest absolute Gasteiger partial charge is 0.378 e. The first-order chi connectivity index (χ1) is 12.5. The first kappa shape index (κ1) is 18.5. The fourth-order valence-corrected chi connectivity index (χ4v) is 3.71. The molecule has 1 fully saturated rings. The van der Waals surface area contributed by atoms with Crippen LogP contribution in [0.15, 0.2) is 34.9 Å². The average Bonchev–Trinajstić information content (AvgIpc) is 2.84. The van der Waals surface area contributed by atoms with E-state index in [1.807, 2.05) is 4.90 Å². The van der Waals surface area contributed by atoms with E-state index in [4.69, 9.17) is 5.73 Å². The zero-order valence-electron chi connectivity index (χ0n) is 14.1. The van der Waals surface area contributed by atoms with Gasteiger partial charge < -0.3 is 10.6 Å². The van der Waals surface area contributed by atoms with Gasteiger partial charge in [0.1, 0.15) is 11.5 Å². The molecule has 2 heterocycles. The number of hydrogen-bond acceptors (Lipinski definition) is 6. The predicted octanol–water partition coefficient (Wildman–Crippen LogP) is 3.19. The Morgan fingerprint density at radius 2 is 1.96 bits per heavy atom. The summed E-state index contributed by atoms with van der Waals surface area (Å²) in [6, 6.07) is 6.48. The third kappa shape index (κ3) is 4.10. The summed E-state index contributed by atoms with van der Waals surface area (Å²) in [6.45, 7) is 3.63. The van der Waals surface area contributed by atoms with Crippen LogP contribution in [0.3, 0.4) is 0 Å². The maximum atomic E-state index is 13.0. The molecule has 2 aromatic rings. The molecule has 0 radical (unpaired) electrons. The fraction of sp³-hybridized carbons (Fsp3) is 0.353. The lowest BCUT2D eigenvalue weighted by Gasteiger charge is -2.24. The molecule has 26 heavy (non-hydrogen) atoms. The van der Waals surface area contributed by atoms with Crippen LogP contribution in [0.4, 0.5) is 21.6 Å². The van der Waals surface area contributed by atoms with Gasteiger partial charge in [0.15, 0.2) is 0 Å². The fourth-order valence-electron chi connectivity index (χ4n) is 3.16. The Balaban J connectivity index is 1.76. The van der Waals surface area contributed by atoms with Crippen molar-refractivity contribution in [2.75, 3.05) is 36.8 Å². The quantitative estimate of drug-likeness (QED) is 0.599. The number of pyridine rings is 1. The number of nitrogens with zero attached hydrogens (tertiary/aromatic N) is 4. The van der Waals surface area contributed by atoms with Gasteiger partial charge in [-0.2, -0.15) is 0 Å². The summed E-state index contributed by atoms with van der Waals surface area (Å²) in [7, 11) is 0. The number of aromatic nitrogens is 1. The van der Waals surface area contributed by atoms with Crippen LogP contribution >= 0.6 is 15.9 Å². The molecule has 0 aliphatic carbocycles. The van der Waals surface area contributed by atoms with Crippen molar-refractivity contribution in [1.29, 1.82) is 0 Å². The predicted molar refractivity (Wildman–Crippen MR) is 102 cm³/mol. The van der Waals surface area contributed by atoms with Crippen molar-refractivity contribution < 1.29 is 9.31 Å². The maximum absolute atomic E-state index is 13.0. The minimum atomic E-state index is -0.483. The topological polar surface area (TPSA) is 88.5 Å². The van der Waals surface area contributed by atoms with Gasteiger partial charge in [-0.1, -0.05) is 12.1 Å². The smallest absolute Gasteiger partial charge is 0.335 e. The second-order valence-corrected chi connectivity index (χ2v) is 7.04. The van der Waals surface area contributed by atoms with E-state index in [2.05, 4.69) is 25.8 Å². The van der Waals surface area contributed by atoms with Crippen molar-refractivity contribution >= 4 is 33.1 Å². The molecular weight excluding hydrogens is 405 g/mol. The minimum absolute atomic E-state index is 0.0828. The van der Waals surface area contributed by atoms with Crippen LogP contribution in [0.25, 0.3) is 0 Å². The first-order valence-corrected chi connectivity index (χ1v) is 9.05. The van der Waals surface area contributed by atoms with Crippen molar-refractivity contribution in [3.8, 4) is 0 Å². The van der Waals surface area contributed by atoms with Crippen molar-refractivity contribution in [3.63, 3.8) is 0 Å². The molecule has 1 aromatic carbocycles. The van der Waals surface area contributed by atoms with Gasteiger partial charge in [-0.3, -0.25) is 15.0 Å². The summed E-state index contributed by atoms with van der Waals surface area (Å²) in [4.78, 5) is 19.1. The highest BCUT2D eigenvalue weighted by molar-refractivity contribution is 9.10. The van der Waals surface area contributed by atoms with Gasteiger partial charge in [-0.05, 0) is 40.0 Å². The van der Waals surface area contributed by atoms with Gasteiger partial charge in [-0.15, -0.1) is 0 Å². The van der Waals surface area contributed by atoms with E-state index in [1.165, 1.54) is 18.3 Å². The summed E-state index contributed by atoms with van der Waals surface area (Å²) >= 11 is 3.37. The molecule has 138 valence electrons. The zero-order chi connectivity index (χ0) is 18.7. The van der Waals surface area contributed by atoms with Gasteiger partial charge in [0.25, 0.3) is 0 Å². The third-order valence-electron chi connectivity index (χ3n) is 4.42. The second-order valence-electron chi connectivity index (χ2n) is 6.19.